The van der Waals surface area contributed by atoms with Gasteiger partial charge in [-0.25, -0.2) is 0 Å². The van der Waals surface area contributed by atoms with Crippen LogP contribution in [-0.2, 0) is 6.54 Å². The molecule has 0 spiro atoms. The van der Waals surface area contributed by atoms with E-state index in [9.17, 15) is 0 Å². The molecule has 1 heterocycles. The molecule has 1 aromatic carbocycles. The monoisotopic (exact) mass is 312 g/mol. The number of hydrogen-bond donors (Lipinski definition) is 2. The summed E-state index contributed by atoms with van der Waals surface area (Å²) in [6, 6.07) is 12.0. The molecule has 0 bridgehead atoms. The summed E-state index contributed by atoms with van der Waals surface area (Å²) < 4.78 is 5.87. The summed E-state index contributed by atoms with van der Waals surface area (Å²) in [5.74, 6) is 1.70. The largest absolute Gasteiger partial charge is 0.491 e. The lowest BCUT2D eigenvalue weighted by atomic mass is 10.1. The van der Waals surface area contributed by atoms with E-state index in [4.69, 9.17) is 4.74 Å². The Hall–Kier alpha value is -2.56. The topological polar surface area (TPSA) is 58.5 Å². The van der Waals surface area contributed by atoms with Gasteiger partial charge in [0.25, 0.3) is 0 Å². The number of benzene rings is 1. The van der Waals surface area contributed by atoms with Crippen molar-refractivity contribution >= 4 is 5.96 Å². The van der Waals surface area contributed by atoms with Crippen LogP contribution in [0.1, 0.15) is 16.8 Å². The van der Waals surface area contributed by atoms with Crippen LogP contribution >= 0.6 is 0 Å². The Balaban J connectivity index is 1.74. The van der Waals surface area contributed by atoms with Crippen LogP contribution in [-0.4, -0.2) is 31.1 Å². The normalized spacial score (nSPS) is 11.2. The fraction of sp³-hybridized carbons (Fsp3) is 0.333. The highest BCUT2D eigenvalue weighted by Crippen LogP contribution is 2.21. The van der Waals surface area contributed by atoms with Crippen molar-refractivity contribution in [3.05, 3.63) is 59.4 Å². The van der Waals surface area contributed by atoms with Gasteiger partial charge >= 0.3 is 0 Å². The smallest absolute Gasteiger partial charge is 0.191 e. The molecule has 5 nitrogen and oxygen atoms in total. The number of hydrogen-bond acceptors (Lipinski definition) is 3. The van der Waals surface area contributed by atoms with Gasteiger partial charge in [-0.3, -0.25) is 9.98 Å². The molecule has 0 saturated heterocycles. The van der Waals surface area contributed by atoms with Crippen molar-refractivity contribution in [3.63, 3.8) is 0 Å². The molecule has 0 saturated carbocycles. The molecule has 0 atom stereocenters. The van der Waals surface area contributed by atoms with Crippen LogP contribution in [0, 0.1) is 13.8 Å². The van der Waals surface area contributed by atoms with E-state index in [0.717, 1.165) is 28.5 Å². The van der Waals surface area contributed by atoms with E-state index >= 15 is 0 Å². The first-order valence-corrected chi connectivity index (χ1v) is 7.74. The third kappa shape index (κ3) is 5.29. The quantitative estimate of drug-likeness (QED) is 0.489. The minimum Gasteiger partial charge on any atom is -0.491 e. The second-order valence-corrected chi connectivity index (χ2v) is 5.24. The number of aromatic nitrogens is 1. The summed E-state index contributed by atoms with van der Waals surface area (Å²) in [5.41, 5.74) is 3.28. The molecule has 0 aliphatic rings. The average molecular weight is 312 g/mol. The molecule has 1 aromatic heterocycles. The number of rotatable bonds is 6. The van der Waals surface area contributed by atoms with Crippen LogP contribution in [0.4, 0.5) is 0 Å². The molecule has 0 fully saturated rings. The minimum atomic E-state index is 0.579. The van der Waals surface area contributed by atoms with Crippen molar-refractivity contribution in [2.45, 2.75) is 20.4 Å². The standard InChI is InChI=1S/C18H24N4O/c1-14-7-6-8-15(2)17(14)23-12-11-21-18(19-3)22-13-16-9-4-5-10-20-16/h4-10H,11-13H2,1-3H3,(H2,19,21,22). The Kier molecular flexibility index (Phi) is 6.41. The van der Waals surface area contributed by atoms with E-state index in [1.807, 2.05) is 24.3 Å². The number of ether oxygens (including phenoxy) is 1. The van der Waals surface area contributed by atoms with Crippen LogP contribution < -0.4 is 15.4 Å². The molecule has 0 aliphatic heterocycles. The molecular weight excluding hydrogens is 288 g/mol. The summed E-state index contributed by atoms with van der Waals surface area (Å²) in [5, 5.41) is 6.46. The third-order valence-electron chi connectivity index (χ3n) is 3.44. The molecule has 0 radical (unpaired) electrons. The van der Waals surface area contributed by atoms with E-state index < -0.39 is 0 Å². The summed E-state index contributed by atoms with van der Waals surface area (Å²) in [7, 11) is 1.75. The van der Waals surface area contributed by atoms with E-state index in [1.165, 1.54) is 0 Å². The number of guanidine groups is 1. The third-order valence-corrected chi connectivity index (χ3v) is 3.44. The van der Waals surface area contributed by atoms with Gasteiger partial charge in [0.1, 0.15) is 12.4 Å². The Morgan fingerprint density at radius 2 is 1.87 bits per heavy atom. The lowest BCUT2D eigenvalue weighted by molar-refractivity contribution is 0.317. The van der Waals surface area contributed by atoms with Crippen molar-refractivity contribution in [2.24, 2.45) is 4.99 Å². The van der Waals surface area contributed by atoms with Gasteiger partial charge in [-0.15, -0.1) is 0 Å². The first-order valence-electron chi connectivity index (χ1n) is 7.74. The molecule has 2 rings (SSSR count). The number of aliphatic imine (C=N–C) groups is 1. The SMILES string of the molecule is CN=C(NCCOc1c(C)cccc1C)NCc1ccccn1. The summed E-state index contributed by atoms with van der Waals surface area (Å²) in [4.78, 5) is 8.46. The first-order chi connectivity index (χ1) is 11.2. The van der Waals surface area contributed by atoms with Crippen molar-refractivity contribution in [1.29, 1.82) is 0 Å². The molecule has 0 unspecified atom stereocenters. The Labute approximate surface area is 137 Å². The van der Waals surface area contributed by atoms with Crippen LogP contribution in [0.5, 0.6) is 5.75 Å². The van der Waals surface area contributed by atoms with Crippen LogP contribution in [0.25, 0.3) is 0 Å². The van der Waals surface area contributed by atoms with Crippen molar-refractivity contribution in [2.75, 3.05) is 20.2 Å². The molecule has 122 valence electrons. The number of para-hydroxylation sites is 1. The van der Waals surface area contributed by atoms with E-state index in [2.05, 4.69) is 46.6 Å². The van der Waals surface area contributed by atoms with Gasteiger partial charge in [0.05, 0.1) is 18.8 Å². The summed E-state index contributed by atoms with van der Waals surface area (Å²) in [6.07, 6.45) is 1.78. The molecule has 5 heteroatoms. The fourth-order valence-electron chi connectivity index (χ4n) is 2.25. The molecule has 23 heavy (non-hydrogen) atoms. The molecule has 0 aliphatic carbocycles. The average Bonchev–Trinajstić information content (AvgIpc) is 2.57. The van der Waals surface area contributed by atoms with E-state index in [1.54, 1.807) is 13.2 Å². The van der Waals surface area contributed by atoms with Gasteiger partial charge in [0, 0.05) is 13.2 Å². The highest BCUT2D eigenvalue weighted by Gasteiger charge is 2.03. The highest BCUT2D eigenvalue weighted by molar-refractivity contribution is 5.79. The summed E-state index contributed by atoms with van der Waals surface area (Å²) >= 11 is 0. The van der Waals surface area contributed by atoms with E-state index in [0.29, 0.717) is 19.7 Å². The fourth-order valence-corrected chi connectivity index (χ4v) is 2.25. The van der Waals surface area contributed by atoms with Crippen molar-refractivity contribution < 1.29 is 4.74 Å². The highest BCUT2D eigenvalue weighted by atomic mass is 16.5. The molecule has 0 amide bonds. The lowest BCUT2D eigenvalue weighted by Crippen LogP contribution is -2.39. The maximum atomic E-state index is 5.87. The van der Waals surface area contributed by atoms with E-state index in [-0.39, 0.29) is 0 Å². The Morgan fingerprint density at radius 3 is 2.52 bits per heavy atom. The molecule has 2 N–H and O–H groups in total. The van der Waals surface area contributed by atoms with Gasteiger partial charge in [0.2, 0.25) is 0 Å². The van der Waals surface area contributed by atoms with Crippen molar-refractivity contribution in [1.82, 2.24) is 15.6 Å². The maximum Gasteiger partial charge on any atom is 0.191 e. The zero-order valence-corrected chi connectivity index (χ0v) is 14.0. The van der Waals surface area contributed by atoms with Crippen LogP contribution in [0.2, 0.25) is 0 Å². The zero-order chi connectivity index (χ0) is 16.5. The maximum absolute atomic E-state index is 5.87. The Morgan fingerprint density at radius 1 is 1.09 bits per heavy atom. The Bertz CT molecular complexity index is 620. The number of aryl methyl sites for hydroxylation is 2. The van der Waals surface area contributed by atoms with Gasteiger partial charge < -0.3 is 15.4 Å². The van der Waals surface area contributed by atoms with Crippen molar-refractivity contribution in [3.8, 4) is 5.75 Å². The molecular formula is C18H24N4O. The van der Waals surface area contributed by atoms with Gasteiger partial charge in [0.15, 0.2) is 5.96 Å². The number of nitrogens with zero attached hydrogens (tertiary/aromatic N) is 2. The minimum absolute atomic E-state index is 0.579. The predicted octanol–water partition coefficient (Wildman–Crippen LogP) is 2.44. The molecule has 2 aromatic rings. The lowest BCUT2D eigenvalue weighted by Gasteiger charge is -2.14. The van der Waals surface area contributed by atoms with Crippen LogP contribution in [0.3, 0.4) is 0 Å². The van der Waals surface area contributed by atoms with Crippen LogP contribution in [0.15, 0.2) is 47.6 Å². The first kappa shape index (κ1) is 16.8. The predicted molar refractivity (Wildman–Crippen MR) is 93.8 cm³/mol. The second kappa shape index (κ2) is 8.78. The zero-order valence-electron chi connectivity index (χ0n) is 14.0. The number of nitrogens with one attached hydrogen (secondary N) is 2. The number of pyridine rings is 1. The van der Waals surface area contributed by atoms with Gasteiger partial charge in [-0.05, 0) is 37.1 Å². The second-order valence-electron chi connectivity index (χ2n) is 5.24. The summed E-state index contributed by atoms with van der Waals surface area (Å²) in [6.45, 7) is 6.01. The van der Waals surface area contributed by atoms with Gasteiger partial charge in [-0.2, -0.15) is 0 Å². The van der Waals surface area contributed by atoms with Gasteiger partial charge in [-0.1, -0.05) is 24.3 Å².